The Morgan fingerprint density at radius 1 is 1.09 bits per heavy atom. The molecular weight excluding hydrogens is 332 g/mol. The van der Waals surface area contributed by atoms with Crippen LogP contribution in [0, 0.1) is 17.8 Å². The summed E-state index contributed by atoms with van der Waals surface area (Å²) in [6, 6.07) is 0.454. The molecule has 0 aromatic carbocycles. The fraction of sp³-hybridized carbons (Fsp3) is 0.875. The second-order valence-electron chi connectivity index (χ2n) is 7.96. The van der Waals surface area contributed by atoms with Crippen LogP contribution in [0.25, 0.3) is 0 Å². The Labute approximate surface area is 141 Å². The van der Waals surface area contributed by atoms with E-state index in [1.807, 2.05) is 0 Å². The third kappa shape index (κ3) is 2.46. The van der Waals surface area contributed by atoms with E-state index in [2.05, 4.69) is 9.89 Å². The van der Waals surface area contributed by atoms with Gasteiger partial charge in [0, 0.05) is 17.2 Å². The van der Waals surface area contributed by atoms with Gasteiger partial charge in [0.05, 0.1) is 17.5 Å². The zero-order valence-corrected chi connectivity index (χ0v) is 14.7. The third-order valence-electron chi connectivity index (χ3n) is 6.30. The number of amides is 1. The zero-order chi connectivity index (χ0) is 15.8. The van der Waals surface area contributed by atoms with Gasteiger partial charge in [-0.2, -0.15) is 4.99 Å². The Hall–Kier alpha value is -0.560. The Kier molecular flexibility index (Phi) is 3.19. The highest BCUT2D eigenvalue weighted by molar-refractivity contribution is 8.15. The van der Waals surface area contributed by atoms with Crippen LogP contribution in [-0.2, 0) is 14.6 Å². The van der Waals surface area contributed by atoms with Gasteiger partial charge in [0.1, 0.15) is 0 Å². The van der Waals surface area contributed by atoms with E-state index in [4.69, 9.17) is 0 Å². The van der Waals surface area contributed by atoms with Gasteiger partial charge in [-0.1, -0.05) is 18.2 Å². The summed E-state index contributed by atoms with van der Waals surface area (Å²) in [7, 11) is -2.94. The van der Waals surface area contributed by atoms with Crippen molar-refractivity contribution in [2.24, 2.45) is 22.7 Å². The molecule has 0 radical (unpaired) electrons. The Bertz CT molecular complexity index is 685. The van der Waals surface area contributed by atoms with E-state index >= 15 is 0 Å². The van der Waals surface area contributed by atoms with Crippen LogP contribution >= 0.6 is 11.8 Å². The highest BCUT2D eigenvalue weighted by atomic mass is 32.2. The fourth-order valence-corrected chi connectivity index (χ4v) is 9.02. The number of amidine groups is 1. The average Bonchev–Trinajstić information content (AvgIpc) is 2.86. The number of hydrogen-bond acceptors (Lipinski definition) is 4. The monoisotopic (exact) mass is 354 g/mol. The number of thioether (sulfide) groups is 1. The van der Waals surface area contributed by atoms with Gasteiger partial charge < -0.3 is 4.90 Å². The number of fused-ring (bicyclic) bond motifs is 3. The molecule has 5 rings (SSSR count). The van der Waals surface area contributed by atoms with E-state index in [9.17, 15) is 13.2 Å². The lowest BCUT2D eigenvalue weighted by Crippen LogP contribution is -2.47. The summed E-state index contributed by atoms with van der Waals surface area (Å²) < 4.78 is 24.1. The van der Waals surface area contributed by atoms with E-state index in [0.717, 1.165) is 30.3 Å². The molecule has 0 aromatic rings. The van der Waals surface area contributed by atoms with Crippen molar-refractivity contribution in [2.75, 3.05) is 11.5 Å². The van der Waals surface area contributed by atoms with Gasteiger partial charge in [-0.3, -0.25) is 4.79 Å². The van der Waals surface area contributed by atoms with Crippen LogP contribution in [0.5, 0.6) is 0 Å². The molecule has 5 atom stereocenters. The Morgan fingerprint density at radius 2 is 1.91 bits per heavy atom. The lowest BCUT2D eigenvalue weighted by Gasteiger charge is -2.36. The molecule has 2 saturated heterocycles. The maximum Gasteiger partial charge on any atom is 0.251 e. The molecule has 0 spiro atoms. The van der Waals surface area contributed by atoms with Crippen molar-refractivity contribution in [3.63, 3.8) is 0 Å². The molecule has 126 valence electrons. The molecule has 23 heavy (non-hydrogen) atoms. The van der Waals surface area contributed by atoms with Gasteiger partial charge >= 0.3 is 0 Å². The van der Waals surface area contributed by atoms with E-state index in [0.29, 0.717) is 12.0 Å². The summed E-state index contributed by atoms with van der Waals surface area (Å²) in [4.78, 5) is 18.9. The first-order valence-corrected chi connectivity index (χ1v) is 11.5. The van der Waals surface area contributed by atoms with Crippen LogP contribution in [0.4, 0.5) is 0 Å². The van der Waals surface area contributed by atoms with Gasteiger partial charge in [-0.15, -0.1) is 0 Å². The van der Waals surface area contributed by atoms with Crippen molar-refractivity contribution in [1.82, 2.24) is 4.90 Å². The van der Waals surface area contributed by atoms with Gasteiger partial charge in [-0.05, 0) is 43.9 Å². The van der Waals surface area contributed by atoms with Crippen molar-refractivity contribution in [3.05, 3.63) is 0 Å². The van der Waals surface area contributed by atoms with E-state index < -0.39 is 9.84 Å². The van der Waals surface area contributed by atoms with Crippen LogP contribution in [0.1, 0.15) is 38.5 Å². The summed E-state index contributed by atoms with van der Waals surface area (Å²) in [5.41, 5.74) is 0. The summed E-state index contributed by atoms with van der Waals surface area (Å²) >= 11 is 1.56. The predicted octanol–water partition coefficient (Wildman–Crippen LogP) is 1.68. The summed E-state index contributed by atoms with van der Waals surface area (Å²) in [6.07, 6.45) is 6.95. The number of nitrogens with zero attached hydrogens (tertiary/aromatic N) is 2. The van der Waals surface area contributed by atoms with Crippen molar-refractivity contribution in [1.29, 1.82) is 0 Å². The number of aliphatic imine (C=N–C) groups is 1. The number of carbonyl (C=O) groups is 1. The highest BCUT2D eigenvalue weighted by Gasteiger charge is 2.54. The molecule has 2 bridgehead atoms. The Balaban J connectivity index is 1.47. The standard InChI is InChI=1S/C16H22N2O3S2/c19-15(10-3-4-10)17-16-18(12-6-9-1-2-11(12)5-9)13-7-23(20,21)8-14(13)22-16/h9-14H,1-8H2/t9-,11-,12-,13+,14+/m0/s1. The normalized spacial score (nSPS) is 45.8. The van der Waals surface area contributed by atoms with E-state index in [-0.39, 0.29) is 34.6 Å². The zero-order valence-electron chi connectivity index (χ0n) is 13.1. The molecule has 2 aliphatic heterocycles. The molecule has 5 fully saturated rings. The van der Waals surface area contributed by atoms with Crippen LogP contribution < -0.4 is 0 Å². The summed E-state index contributed by atoms with van der Waals surface area (Å²) in [5, 5.41) is 0.911. The smallest absolute Gasteiger partial charge is 0.251 e. The second-order valence-corrected chi connectivity index (χ2v) is 11.3. The molecule has 0 N–H and O–H groups in total. The summed E-state index contributed by atoms with van der Waals surface area (Å²) in [5.74, 6) is 2.11. The van der Waals surface area contributed by atoms with Gasteiger partial charge in [0.15, 0.2) is 15.0 Å². The van der Waals surface area contributed by atoms with Crippen LogP contribution in [-0.4, -0.2) is 53.2 Å². The number of hydrogen-bond donors (Lipinski definition) is 0. The number of carbonyl (C=O) groups excluding carboxylic acids is 1. The predicted molar refractivity (Wildman–Crippen MR) is 90.1 cm³/mol. The largest absolute Gasteiger partial charge is 0.343 e. The minimum Gasteiger partial charge on any atom is -0.343 e. The highest BCUT2D eigenvalue weighted by Crippen LogP contribution is 2.51. The lowest BCUT2D eigenvalue weighted by atomic mass is 9.93. The molecule has 0 unspecified atom stereocenters. The topological polar surface area (TPSA) is 66.8 Å². The number of rotatable bonds is 2. The fourth-order valence-electron chi connectivity index (χ4n) is 5.05. The van der Waals surface area contributed by atoms with Crippen molar-refractivity contribution < 1.29 is 13.2 Å². The van der Waals surface area contributed by atoms with Gasteiger partial charge in [-0.25, -0.2) is 8.42 Å². The molecule has 5 aliphatic rings. The van der Waals surface area contributed by atoms with E-state index in [1.165, 1.54) is 19.3 Å². The van der Waals surface area contributed by atoms with Crippen LogP contribution in [0.15, 0.2) is 4.99 Å². The van der Waals surface area contributed by atoms with Gasteiger partial charge in [0.2, 0.25) is 0 Å². The maximum absolute atomic E-state index is 12.2. The first-order chi connectivity index (χ1) is 11.0. The van der Waals surface area contributed by atoms with Gasteiger partial charge in [0.25, 0.3) is 5.91 Å². The van der Waals surface area contributed by atoms with Crippen molar-refractivity contribution >= 4 is 32.7 Å². The molecule has 3 saturated carbocycles. The Morgan fingerprint density at radius 3 is 2.57 bits per heavy atom. The maximum atomic E-state index is 12.2. The van der Waals surface area contributed by atoms with Crippen LogP contribution in [0.2, 0.25) is 0 Å². The second kappa shape index (κ2) is 4.97. The van der Waals surface area contributed by atoms with E-state index in [1.54, 1.807) is 11.8 Å². The minimum atomic E-state index is -2.94. The molecule has 7 heteroatoms. The summed E-state index contributed by atoms with van der Waals surface area (Å²) in [6.45, 7) is 0. The van der Waals surface area contributed by atoms with Crippen LogP contribution in [0.3, 0.4) is 0 Å². The SMILES string of the molecule is O=C(N=C1S[C@@H]2CS(=O)(=O)C[C@H]2N1[C@H]1C[C@H]2CC[C@H]1C2)C1CC1. The van der Waals surface area contributed by atoms with Crippen molar-refractivity contribution in [2.45, 2.75) is 55.9 Å². The number of sulfone groups is 1. The quantitative estimate of drug-likeness (QED) is 0.755. The molecule has 5 nitrogen and oxygen atoms in total. The lowest BCUT2D eigenvalue weighted by molar-refractivity contribution is -0.118. The molecule has 3 aliphatic carbocycles. The minimum absolute atomic E-state index is 0.0171. The molecule has 0 aromatic heterocycles. The third-order valence-corrected chi connectivity index (χ3v) is 9.52. The van der Waals surface area contributed by atoms with Crippen molar-refractivity contribution in [3.8, 4) is 0 Å². The first-order valence-electron chi connectivity index (χ1n) is 8.78. The average molecular weight is 354 g/mol. The molecule has 2 heterocycles. The molecular formula is C16H22N2O3S2. The first kappa shape index (κ1) is 14.8. The molecule has 1 amide bonds.